The molecule has 0 unspecified atom stereocenters. The number of benzene rings is 2. The zero-order valence-electron chi connectivity index (χ0n) is 19.3. The maximum absolute atomic E-state index is 13.2. The first kappa shape index (κ1) is 25.0. The first-order chi connectivity index (χ1) is 14.9. The number of amides is 2. The Morgan fingerprint density at radius 3 is 2.26 bits per heavy atom. The highest BCUT2D eigenvalue weighted by atomic mass is 32.2. The summed E-state index contributed by atoms with van der Waals surface area (Å²) >= 11 is 1.61. The molecule has 2 amide bonds. The summed E-state index contributed by atoms with van der Waals surface area (Å²) in [5.41, 5.74) is 3.61. The molecule has 0 aliphatic carbocycles. The van der Waals surface area contributed by atoms with Gasteiger partial charge in [-0.05, 0) is 44.2 Å². The molecule has 0 aliphatic heterocycles. The van der Waals surface area contributed by atoms with E-state index in [4.69, 9.17) is 0 Å². The number of hydrogen-bond donors (Lipinski definition) is 1. The van der Waals surface area contributed by atoms with Crippen molar-refractivity contribution < 1.29 is 9.59 Å². The second-order valence-electron chi connectivity index (χ2n) is 8.04. The molecule has 4 nitrogen and oxygen atoms in total. The van der Waals surface area contributed by atoms with Gasteiger partial charge in [-0.3, -0.25) is 9.59 Å². The molecule has 0 saturated heterocycles. The van der Waals surface area contributed by atoms with E-state index in [0.29, 0.717) is 18.7 Å². The molecule has 31 heavy (non-hydrogen) atoms. The highest BCUT2D eigenvalue weighted by molar-refractivity contribution is 7.99. The standard InChI is InChI=1S/C26H36N2O2S/c1-5-21(4)27-26(30)24(6-2)28(17-16-22-10-8-7-9-11-22)25(29)19-31-18-23-14-12-20(3)13-15-23/h7-15,21,24H,5-6,16-19H2,1-4H3,(H,27,30)/t21-,24+/m0/s1. The van der Waals surface area contributed by atoms with E-state index in [1.807, 2.05) is 39.0 Å². The molecule has 1 N–H and O–H groups in total. The fourth-order valence-corrected chi connectivity index (χ4v) is 4.23. The van der Waals surface area contributed by atoms with Crippen LogP contribution in [0.1, 0.15) is 50.3 Å². The molecule has 0 bridgehead atoms. The van der Waals surface area contributed by atoms with Gasteiger partial charge in [0.2, 0.25) is 11.8 Å². The van der Waals surface area contributed by atoms with Gasteiger partial charge in [-0.2, -0.15) is 0 Å². The number of nitrogens with one attached hydrogen (secondary N) is 1. The monoisotopic (exact) mass is 440 g/mol. The van der Waals surface area contributed by atoms with Crippen LogP contribution >= 0.6 is 11.8 Å². The molecule has 2 atom stereocenters. The minimum atomic E-state index is -0.440. The SMILES string of the molecule is CC[C@H](C(=O)N[C@@H](C)CC)N(CCc1ccccc1)C(=O)CSCc1ccc(C)cc1. The summed E-state index contributed by atoms with van der Waals surface area (Å²) < 4.78 is 0. The van der Waals surface area contributed by atoms with Gasteiger partial charge in [0.1, 0.15) is 6.04 Å². The Morgan fingerprint density at radius 2 is 1.65 bits per heavy atom. The molecule has 168 valence electrons. The van der Waals surface area contributed by atoms with Gasteiger partial charge in [-0.15, -0.1) is 11.8 Å². The van der Waals surface area contributed by atoms with Gasteiger partial charge in [0.15, 0.2) is 0 Å². The first-order valence-corrected chi connectivity index (χ1v) is 12.4. The highest BCUT2D eigenvalue weighted by Gasteiger charge is 2.28. The normalized spacial score (nSPS) is 12.8. The molecule has 2 aromatic rings. The maximum Gasteiger partial charge on any atom is 0.243 e. The lowest BCUT2D eigenvalue weighted by Crippen LogP contribution is -2.52. The quantitative estimate of drug-likeness (QED) is 0.506. The lowest BCUT2D eigenvalue weighted by atomic mass is 10.1. The van der Waals surface area contributed by atoms with Crippen LogP contribution in [0.5, 0.6) is 0 Å². The summed E-state index contributed by atoms with van der Waals surface area (Å²) in [5, 5.41) is 3.06. The van der Waals surface area contributed by atoms with Gasteiger partial charge in [0.05, 0.1) is 5.75 Å². The van der Waals surface area contributed by atoms with Gasteiger partial charge >= 0.3 is 0 Å². The molecule has 0 heterocycles. The van der Waals surface area contributed by atoms with E-state index in [-0.39, 0.29) is 17.9 Å². The number of hydrogen-bond acceptors (Lipinski definition) is 3. The average molecular weight is 441 g/mol. The van der Waals surface area contributed by atoms with Crippen LogP contribution in [0.25, 0.3) is 0 Å². The molecule has 0 fully saturated rings. The molecule has 0 radical (unpaired) electrons. The Morgan fingerprint density at radius 1 is 0.968 bits per heavy atom. The predicted octanol–water partition coefficient (Wildman–Crippen LogP) is 4.99. The summed E-state index contributed by atoms with van der Waals surface area (Å²) in [6.45, 7) is 8.63. The van der Waals surface area contributed by atoms with Crippen LogP contribution in [0.2, 0.25) is 0 Å². The van der Waals surface area contributed by atoms with Crippen molar-refractivity contribution in [1.29, 1.82) is 0 Å². The Labute approximate surface area is 191 Å². The number of thioether (sulfide) groups is 1. The van der Waals surface area contributed by atoms with E-state index in [1.165, 1.54) is 16.7 Å². The summed E-state index contributed by atoms with van der Waals surface area (Å²) in [6, 6.07) is 18.2. The van der Waals surface area contributed by atoms with E-state index in [9.17, 15) is 9.59 Å². The van der Waals surface area contributed by atoms with Crippen LogP contribution in [0.15, 0.2) is 54.6 Å². The largest absolute Gasteiger partial charge is 0.352 e. The van der Waals surface area contributed by atoms with Gasteiger partial charge < -0.3 is 10.2 Å². The molecule has 2 aromatic carbocycles. The van der Waals surface area contributed by atoms with E-state index < -0.39 is 6.04 Å². The Bertz CT molecular complexity index is 808. The zero-order valence-corrected chi connectivity index (χ0v) is 20.1. The maximum atomic E-state index is 13.2. The van der Waals surface area contributed by atoms with Crippen molar-refractivity contribution in [3.8, 4) is 0 Å². The van der Waals surface area contributed by atoms with Crippen molar-refractivity contribution in [1.82, 2.24) is 10.2 Å². The molecular weight excluding hydrogens is 404 g/mol. The van der Waals surface area contributed by atoms with Crippen molar-refractivity contribution in [2.45, 2.75) is 64.8 Å². The Balaban J connectivity index is 2.05. The van der Waals surface area contributed by atoms with E-state index >= 15 is 0 Å². The molecular formula is C26H36N2O2S. The summed E-state index contributed by atoms with van der Waals surface area (Å²) in [5.74, 6) is 1.13. The smallest absolute Gasteiger partial charge is 0.243 e. The number of carbonyl (C=O) groups excluding carboxylic acids is 2. The molecule has 0 aliphatic rings. The number of rotatable bonds is 12. The van der Waals surface area contributed by atoms with Gasteiger partial charge in [0.25, 0.3) is 0 Å². The third kappa shape index (κ3) is 8.41. The van der Waals surface area contributed by atoms with Crippen molar-refractivity contribution in [3.63, 3.8) is 0 Å². The summed E-state index contributed by atoms with van der Waals surface area (Å²) in [7, 11) is 0. The van der Waals surface area contributed by atoms with E-state index in [0.717, 1.165) is 18.6 Å². The highest BCUT2D eigenvalue weighted by Crippen LogP contribution is 2.16. The van der Waals surface area contributed by atoms with Crippen LogP contribution in [-0.4, -0.2) is 41.1 Å². The van der Waals surface area contributed by atoms with Gasteiger partial charge in [-0.1, -0.05) is 74.0 Å². The molecule has 5 heteroatoms. The lowest BCUT2D eigenvalue weighted by Gasteiger charge is -2.31. The molecule has 0 saturated carbocycles. The third-order valence-electron chi connectivity index (χ3n) is 5.49. The van der Waals surface area contributed by atoms with Gasteiger partial charge in [-0.25, -0.2) is 0 Å². The minimum Gasteiger partial charge on any atom is -0.352 e. The molecule has 2 rings (SSSR count). The Hall–Kier alpha value is -2.27. The van der Waals surface area contributed by atoms with Crippen LogP contribution in [0.4, 0.5) is 0 Å². The topological polar surface area (TPSA) is 49.4 Å². The van der Waals surface area contributed by atoms with Crippen LogP contribution in [-0.2, 0) is 21.8 Å². The molecule has 0 aromatic heterocycles. The van der Waals surface area contributed by atoms with Crippen molar-refractivity contribution in [2.75, 3.05) is 12.3 Å². The zero-order chi connectivity index (χ0) is 22.6. The van der Waals surface area contributed by atoms with Crippen LogP contribution in [0.3, 0.4) is 0 Å². The number of aryl methyl sites for hydroxylation is 1. The fourth-order valence-electron chi connectivity index (χ4n) is 3.36. The lowest BCUT2D eigenvalue weighted by molar-refractivity contribution is -0.139. The number of nitrogens with zero attached hydrogens (tertiary/aromatic N) is 1. The van der Waals surface area contributed by atoms with Crippen LogP contribution in [0, 0.1) is 6.92 Å². The van der Waals surface area contributed by atoms with E-state index in [1.54, 1.807) is 16.7 Å². The van der Waals surface area contributed by atoms with Crippen molar-refractivity contribution in [2.24, 2.45) is 0 Å². The fraction of sp³-hybridized carbons (Fsp3) is 0.462. The molecule has 0 spiro atoms. The minimum absolute atomic E-state index is 0.0270. The second-order valence-corrected chi connectivity index (χ2v) is 9.03. The average Bonchev–Trinajstić information content (AvgIpc) is 2.78. The van der Waals surface area contributed by atoms with E-state index in [2.05, 4.69) is 48.6 Å². The first-order valence-electron chi connectivity index (χ1n) is 11.2. The van der Waals surface area contributed by atoms with Gasteiger partial charge in [0, 0.05) is 18.3 Å². The second kappa shape index (κ2) is 13.2. The predicted molar refractivity (Wildman–Crippen MR) is 131 cm³/mol. The third-order valence-corrected chi connectivity index (χ3v) is 6.47. The summed E-state index contributed by atoms with van der Waals surface area (Å²) in [4.78, 5) is 27.9. The number of carbonyl (C=O) groups is 2. The van der Waals surface area contributed by atoms with Crippen molar-refractivity contribution >= 4 is 23.6 Å². The van der Waals surface area contributed by atoms with Crippen molar-refractivity contribution in [3.05, 3.63) is 71.3 Å². The van der Waals surface area contributed by atoms with Crippen LogP contribution < -0.4 is 5.32 Å². The Kier molecular flexibility index (Phi) is 10.6. The summed E-state index contributed by atoms with van der Waals surface area (Å²) in [6.07, 6.45) is 2.21.